The quantitative estimate of drug-likeness (QED) is 0.520. The second kappa shape index (κ2) is 8.08. The van der Waals surface area contributed by atoms with Gasteiger partial charge in [-0.1, -0.05) is 12.1 Å². The van der Waals surface area contributed by atoms with Crippen molar-refractivity contribution < 1.29 is 37.0 Å². The van der Waals surface area contributed by atoms with Crippen LogP contribution in [0.4, 0.5) is 13.8 Å². The van der Waals surface area contributed by atoms with E-state index in [1.807, 2.05) is 0 Å². The minimum atomic E-state index is -3.67. The summed E-state index contributed by atoms with van der Waals surface area (Å²) in [5, 5.41) is 22.9. The number of anilines is 1. The van der Waals surface area contributed by atoms with Crippen LogP contribution in [0.3, 0.4) is 0 Å². The van der Waals surface area contributed by atoms with Crippen LogP contribution in [-0.2, 0) is 9.84 Å². The van der Waals surface area contributed by atoms with Crippen molar-refractivity contribution in [3.8, 4) is 16.9 Å². The number of carbonyl (C=O) groups is 2. The first-order valence-corrected chi connectivity index (χ1v) is 11.3. The zero-order chi connectivity index (χ0) is 23.1. The van der Waals surface area contributed by atoms with Gasteiger partial charge in [0.1, 0.15) is 16.3 Å². The molecule has 7 nitrogen and oxygen atoms in total. The summed E-state index contributed by atoms with van der Waals surface area (Å²) in [5.74, 6) is -5.34. The fourth-order valence-electron chi connectivity index (χ4n) is 2.81. The lowest BCUT2D eigenvalue weighted by molar-refractivity contribution is 0.0699. The molecule has 3 aromatic rings. The Hall–Kier alpha value is -3.31. The summed E-state index contributed by atoms with van der Waals surface area (Å²) in [7, 11) is -3.67. The second-order valence-electron chi connectivity index (χ2n) is 6.62. The zero-order valence-electron chi connectivity index (χ0n) is 16.1. The van der Waals surface area contributed by atoms with Gasteiger partial charge >= 0.3 is 5.97 Å². The van der Waals surface area contributed by atoms with Gasteiger partial charge in [0, 0.05) is 22.8 Å². The number of amides is 1. The molecule has 0 unspecified atom stereocenters. The number of hydrogen-bond acceptors (Lipinski definition) is 6. The van der Waals surface area contributed by atoms with E-state index < -0.39 is 50.2 Å². The molecular formula is C20H15F2NO6S2. The molecule has 0 aliphatic rings. The standard InChI is InChI=1S/C20H15F2NO6S2/c1-9-3-5-11(17(22)16(9)21)13-8-30-19(15(13)20(26)27)23-18(25)12-7-10(31(2,28)29)4-6-14(12)24/h3-8,24H,1-2H3,(H,23,25)(H,26,27). The number of carboxylic acid groups (broad SMARTS) is 1. The molecule has 162 valence electrons. The minimum absolute atomic E-state index is 0.0446. The Morgan fingerprint density at radius 1 is 1.06 bits per heavy atom. The Morgan fingerprint density at radius 2 is 1.74 bits per heavy atom. The molecule has 0 radical (unpaired) electrons. The van der Waals surface area contributed by atoms with Gasteiger partial charge in [0.2, 0.25) is 0 Å². The van der Waals surface area contributed by atoms with Crippen molar-refractivity contribution in [1.82, 2.24) is 0 Å². The summed E-state index contributed by atoms with van der Waals surface area (Å²) >= 11 is 0.755. The van der Waals surface area contributed by atoms with Crippen LogP contribution in [0.15, 0.2) is 40.6 Å². The monoisotopic (exact) mass is 467 g/mol. The molecule has 1 heterocycles. The second-order valence-corrected chi connectivity index (χ2v) is 9.52. The Morgan fingerprint density at radius 3 is 2.35 bits per heavy atom. The molecule has 0 spiro atoms. The van der Waals surface area contributed by atoms with Crippen LogP contribution in [0, 0.1) is 18.6 Å². The molecule has 0 atom stereocenters. The Labute approximate surface area is 179 Å². The molecule has 0 saturated heterocycles. The van der Waals surface area contributed by atoms with Crippen LogP contribution in [0.25, 0.3) is 11.1 Å². The maximum atomic E-state index is 14.4. The first-order chi connectivity index (χ1) is 14.4. The number of thiophene rings is 1. The first kappa shape index (κ1) is 22.4. The van der Waals surface area contributed by atoms with Crippen molar-refractivity contribution in [3.63, 3.8) is 0 Å². The van der Waals surface area contributed by atoms with Crippen LogP contribution in [0.5, 0.6) is 5.75 Å². The van der Waals surface area contributed by atoms with Crippen LogP contribution < -0.4 is 5.32 Å². The SMILES string of the molecule is Cc1ccc(-c2csc(NC(=O)c3cc(S(C)(=O)=O)ccc3O)c2C(=O)O)c(F)c1F. The number of sulfone groups is 1. The molecular weight excluding hydrogens is 452 g/mol. The number of phenols is 1. The van der Waals surface area contributed by atoms with E-state index in [0.29, 0.717) is 0 Å². The fourth-order valence-corrected chi connectivity index (χ4v) is 4.41. The van der Waals surface area contributed by atoms with E-state index in [-0.39, 0.29) is 26.6 Å². The number of benzene rings is 2. The Bertz CT molecular complexity index is 1330. The maximum Gasteiger partial charge on any atom is 0.339 e. The van der Waals surface area contributed by atoms with Crippen molar-refractivity contribution in [2.75, 3.05) is 11.6 Å². The Kier molecular flexibility index (Phi) is 5.83. The normalized spacial score (nSPS) is 11.4. The zero-order valence-corrected chi connectivity index (χ0v) is 17.7. The predicted octanol–water partition coefficient (Wildman–Crippen LogP) is 4.06. The topological polar surface area (TPSA) is 121 Å². The van der Waals surface area contributed by atoms with Gasteiger partial charge in [-0.15, -0.1) is 11.3 Å². The lowest BCUT2D eigenvalue weighted by atomic mass is 10.0. The van der Waals surface area contributed by atoms with E-state index in [2.05, 4.69) is 5.32 Å². The van der Waals surface area contributed by atoms with Crippen molar-refractivity contribution >= 4 is 38.1 Å². The number of hydrogen-bond donors (Lipinski definition) is 3. The van der Waals surface area contributed by atoms with Crippen LogP contribution in [-0.4, -0.2) is 36.8 Å². The summed E-state index contributed by atoms with van der Waals surface area (Å²) in [6.07, 6.45) is 0.921. The van der Waals surface area contributed by atoms with Gasteiger partial charge in [0.05, 0.1) is 10.5 Å². The number of halogens is 2. The van der Waals surface area contributed by atoms with E-state index in [1.54, 1.807) is 0 Å². The number of nitrogens with one attached hydrogen (secondary N) is 1. The number of phenolic OH excluding ortho intramolecular Hbond substituents is 1. The van der Waals surface area contributed by atoms with Gasteiger partial charge in [0.15, 0.2) is 21.5 Å². The summed E-state index contributed by atoms with van der Waals surface area (Å²) in [4.78, 5) is 24.2. The summed E-state index contributed by atoms with van der Waals surface area (Å²) in [6, 6.07) is 5.61. The lowest BCUT2D eigenvalue weighted by Gasteiger charge is -2.09. The van der Waals surface area contributed by atoms with Crippen molar-refractivity contribution in [1.29, 1.82) is 0 Å². The molecule has 0 saturated carbocycles. The lowest BCUT2D eigenvalue weighted by Crippen LogP contribution is -2.14. The highest BCUT2D eigenvalue weighted by Gasteiger charge is 2.25. The van der Waals surface area contributed by atoms with Crippen molar-refractivity contribution in [2.45, 2.75) is 11.8 Å². The number of aromatic carboxylic acids is 1. The van der Waals surface area contributed by atoms with Gasteiger partial charge in [0.25, 0.3) is 5.91 Å². The molecule has 1 amide bonds. The molecule has 0 aliphatic heterocycles. The number of carbonyl (C=O) groups excluding carboxylic acids is 1. The average molecular weight is 467 g/mol. The van der Waals surface area contributed by atoms with Crippen molar-refractivity contribution in [2.24, 2.45) is 0 Å². The Balaban J connectivity index is 2.06. The highest BCUT2D eigenvalue weighted by molar-refractivity contribution is 7.90. The summed E-state index contributed by atoms with van der Waals surface area (Å²) in [6.45, 7) is 1.36. The highest BCUT2D eigenvalue weighted by atomic mass is 32.2. The molecule has 0 fully saturated rings. The maximum absolute atomic E-state index is 14.4. The molecule has 1 aromatic heterocycles. The molecule has 0 aliphatic carbocycles. The van der Waals surface area contributed by atoms with E-state index in [9.17, 15) is 37.0 Å². The van der Waals surface area contributed by atoms with Crippen molar-refractivity contribution in [3.05, 3.63) is 64.0 Å². The minimum Gasteiger partial charge on any atom is -0.507 e. The molecule has 2 aromatic carbocycles. The molecule has 31 heavy (non-hydrogen) atoms. The highest BCUT2D eigenvalue weighted by Crippen LogP contribution is 2.38. The third-order valence-electron chi connectivity index (χ3n) is 4.44. The van der Waals surface area contributed by atoms with Gasteiger partial charge in [-0.3, -0.25) is 4.79 Å². The first-order valence-electron chi connectivity index (χ1n) is 8.56. The van der Waals surface area contributed by atoms with Crippen LogP contribution >= 0.6 is 11.3 Å². The van der Waals surface area contributed by atoms with Gasteiger partial charge in [-0.2, -0.15) is 0 Å². The van der Waals surface area contributed by atoms with Gasteiger partial charge in [-0.05, 0) is 30.7 Å². The number of aromatic hydroxyl groups is 1. The predicted molar refractivity (Wildman–Crippen MR) is 111 cm³/mol. The number of aryl methyl sites for hydroxylation is 1. The molecule has 11 heteroatoms. The van der Waals surface area contributed by atoms with Gasteiger partial charge < -0.3 is 15.5 Å². The smallest absolute Gasteiger partial charge is 0.339 e. The molecule has 3 N–H and O–H groups in total. The van der Waals surface area contributed by atoms with E-state index in [4.69, 9.17) is 0 Å². The fraction of sp³-hybridized carbons (Fsp3) is 0.100. The van der Waals surface area contributed by atoms with Crippen LogP contribution in [0.1, 0.15) is 26.3 Å². The number of carboxylic acids is 1. The van der Waals surface area contributed by atoms with Crippen LogP contribution in [0.2, 0.25) is 0 Å². The average Bonchev–Trinajstić information content (AvgIpc) is 3.09. The largest absolute Gasteiger partial charge is 0.507 e. The summed E-state index contributed by atoms with van der Waals surface area (Å²) in [5.41, 5.74) is -1.26. The third-order valence-corrected chi connectivity index (χ3v) is 6.44. The van der Waals surface area contributed by atoms with Gasteiger partial charge in [-0.25, -0.2) is 22.0 Å². The van der Waals surface area contributed by atoms with E-state index >= 15 is 0 Å². The van der Waals surface area contributed by atoms with E-state index in [0.717, 1.165) is 35.8 Å². The number of rotatable bonds is 5. The molecule has 3 rings (SSSR count). The molecule has 0 bridgehead atoms. The summed E-state index contributed by atoms with van der Waals surface area (Å²) < 4.78 is 51.8. The third kappa shape index (κ3) is 4.28. The van der Waals surface area contributed by atoms with E-state index in [1.165, 1.54) is 24.4 Å².